The number of carbonyl (C=O) groups excluding carboxylic acids is 1. The number of benzene rings is 1. The molecule has 2 amide bonds. The third kappa shape index (κ3) is 4.92. The highest BCUT2D eigenvalue weighted by Gasteiger charge is 2.37. The summed E-state index contributed by atoms with van der Waals surface area (Å²) in [6.07, 6.45) is -2.78. The Morgan fingerprint density at radius 1 is 1.25 bits per heavy atom. The number of likely N-dealkylation sites (tertiary alicyclic amines) is 1. The minimum atomic E-state index is -4.80. The molecule has 0 aliphatic carbocycles. The van der Waals surface area contributed by atoms with Gasteiger partial charge in [0.1, 0.15) is 11.6 Å². The van der Waals surface area contributed by atoms with E-state index in [1.807, 2.05) is 13.0 Å². The van der Waals surface area contributed by atoms with E-state index in [4.69, 9.17) is 0 Å². The summed E-state index contributed by atoms with van der Waals surface area (Å²) in [5, 5.41) is 13.6. The Kier molecular flexibility index (Phi) is 5.46. The number of ether oxygens (including phenoxy) is 1. The van der Waals surface area contributed by atoms with Crippen molar-refractivity contribution in [3.8, 4) is 5.75 Å². The molecule has 0 radical (unpaired) electrons. The van der Waals surface area contributed by atoms with Crippen LogP contribution in [0.15, 0.2) is 42.6 Å². The van der Waals surface area contributed by atoms with Crippen molar-refractivity contribution in [3.63, 3.8) is 0 Å². The van der Waals surface area contributed by atoms with Crippen LogP contribution in [0.4, 0.5) is 23.8 Å². The van der Waals surface area contributed by atoms with Crippen molar-refractivity contribution in [2.45, 2.75) is 31.7 Å². The zero-order valence-corrected chi connectivity index (χ0v) is 15.2. The molecular formula is C19H20F3N3O3. The van der Waals surface area contributed by atoms with Crippen LogP contribution in [-0.2, 0) is 5.60 Å². The molecule has 6 nitrogen and oxygen atoms in total. The number of aliphatic hydroxyl groups is 1. The second-order valence-corrected chi connectivity index (χ2v) is 6.75. The van der Waals surface area contributed by atoms with Crippen molar-refractivity contribution < 1.29 is 27.8 Å². The van der Waals surface area contributed by atoms with E-state index in [-0.39, 0.29) is 37.7 Å². The number of pyridine rings is 1. The number of urea groups is 1. The summed E-state index contributed by atoms with van der Waals surface area (Å²) in [6, 6.07) is 8.49. The van der Waals surface area contributed by atoms with E-state index in [2.05, 4.69) is 15.0 Å². The quantitative estimate of drug-likeness (QED) is 0.829. The first kappa shape index (κ1) is 19.9. The van der Waals surface area contributed by atoms with E-state index < -0.39 is 12.0 Å². The summed E-state index contributed by atoms with van der Waals surface area (Å²) in [4.78, 5) is 18.0. The number of alkyl halides is 3. The van der Waals surface area contributed by atoms with E-state index in [1.165, 1.54) is 23.1 Å². The van der Waals surface area contributed by atoms with E-state index in [9.17, 15) is 23.1 Å². The van der Waals surface area contributed by atoms with Gasteiger partial charge in [0.25, 0.3) is 0 Å². The molecule has 3 rings (SSSR count). The van der Waals surface area contributed by atoms with Crippen LogP contribution < -0.4 is 10.1 Å². The zero-order chi connectivity index (χ0) is 20.4. The normalized spacial score (nSPS) is 16.5. The third-order valence-electron chi connectivity index (χ3n) is 4.63. The molecule has 9 heteroatoms. The standard InChI is InChI=1S/C19H20F3N3O3/c1-13-5-6-16(23-12-13)24-17(26)25-9-7-18(27,8-10-25)14-3-2-4-15(11-14)28-19(20,21)22/h2-6,11-12,27H,7-10H2,1H3,(H,23,24,26). The lowest BCUT2D eigenvalue weighted by Crippen LogP contribution is -2.46. The fourth-order valence-electron chi connectivity index (χ4n) is 3.08. The summed E-state index contributed by atoms with van der Waals surface area (Å²) in [5.74, 6) is 0.0393. The van der Waals surface area contributed by atoms with Crippen LogP contribution in [-0.4, -0.2) is 40.5 Å². The Morgan fingerprint density at radius 2 is 1.96 bits per heavy atom. The first-order valence-electron chi connectivity index (χ1n) is 8.72. The van der Waals surface area contributed by atoms with Gasteiger partial charge in [-0.1, -0.05) is 18.2 Å². The van der Waals surface area contributed by atoms with Gasteiger partial charge < -0.3 is 14.7 Å². The maximum Gasteiger partial charge on any atom is 0.573 e. The molecule has 0 spiro atoms. The van der Waals surface area contributed by atoms with Crippen LogP contribution in [0.1, 0.15) is 24.0 Å². The van der Waals surface area contributed by atoms with Crippen LogP contribution in [0.3, 0.4) is 0 Å². The molecule has 1 saturated heterocycles. The van der Waals surface area contributed by atoms with Gasteiger partial charge >= 0.3 is 12.4 Å². The molecule has 0 unspecified atom stereocenters. The Labute approximate surface area is 159 Å². The molecule has 1 aromatic carbocycles. The molecule has 1 aromatic heterocycles. The number of hydrogen-bond acceptors (Lipinski definition) is 4. The number of rotatable bonds is 3. The van der Waals surface area contributed by atoms with Crippen molar-refractivity contribution in [3.05, 3.63) is 53.7 Å². The van der Waals surface area contributed by atoms with Crippen LogP contribution in [0.5, 0.6) is 5.75 Å². The smallest absolute Gasteiger partial charge is 0.406 e. The zero-order valence-electron chi connectivity index (χ0n) is 15.2. The van der Waals surface area contributed by atoms with Crippen molar-refractivity contribution in [2.75, 3.05) is 18.4 Å². The highest BCUT2D eigenvalue weighted by molar-refractivity contribution is 5.88. The maximum absolute atomic E-state index is 12.4. The molecule has 2 aromatic rings. The number of hydrogen-bond donors (Lipinski definition) is 2. The fraction of sp³-hybridized carbons (Fsp3) is 0.368. The van der Waals surface area contributed by atoms with Crippen LogP contribution >= 0.6 is 0 Å². The lowest BCUT2D eigenvalue weighted by Gasteiger charge is -2.38. The first-order valence-corrected chi connectivity index (χ1v) is 8.72. The number of halogens is 3. The number of aryl methyl sites for hydroxylation is 1. The maximum atomic E-state index is 12.4. The molecule has 1 aliphatic rings. The predicted octanol–water partition coefficient (Wildman–Crippen LogP) is 3.80. The highest BCUT2D eigenvalue weighted by atomic mass is 19.4. The molecule has 0 atom stereocenters. The van der Waals surface area contributed by atoms with Crippen LogP contribution in [0.2, 0.25) is 0 Å². The Morgan fingerprint density at radius 3 is 2.57 bits per heavy atom. The summed E-state index contributed by atoms with van der Waals surface area (Å²) in [7, 11) is 0. The van der Waals surface area contributed by atoms with Gasteiger partial charge in [-0.25, -0.2) is 9.78 Å². The average Bonchev–Trinajstić information content (AvgIpc) is 2.63. The number of nitrogens with one attached hydrogen (secondary N) is 1. The second-order valence-electron chi connectivity index (χ2n) is 6.75. The molecule has 28 heavy (non-hydrogen) atoms. The summed E-state index contributed by atoms with van der Waals surface area (Å²) in [6.45, 7) is 2.38. The molecule has 1 aliphatic heterocycles. The van der Waals surface area contributed by atoms with Crippen molar-refractivity contribution in [1.82, 2.24) is 9.88 Å². The van der Waals surface area contributed by atoms with Gasteiger partial charge in [-0.15, -0.1) is 13.2 Å². The molecule has 0 bridgehead atoms. The molecule has 150 valence electrons. The van der Waals surface area contributed by atoms with Gasteiger partial charge in [-0.2, -0.15) is 0 Å². The minimum absolute atomic E-state index is 0.192. The van der Waals surface area contributed by atoms with Gasteiger partial charge in [0.05, 0.1) is 5.60 Å². The Balaban J connectivity index is 1.63. The summed E-state index contributed by atoms with van der Waals surface area (Å²) >= 11 is 0. The Hall–Kier alpha value is -2.81. The van der Waals surface area contributed by atoms with E-state index in [0.29, 0.717) is 11.4 Å². The summed E-state index contributed by atoms with van der Waals surface area (Å²) < 4.78 is 41.2. The van der Waals surface area contributed by atoms with Gasteiger partial charge in [0.2, 0.25) is 0 Å². The predicted molar refractivity (Wildman–Crippen MR) is 95.8 cm³/mol. The molecular weight excluding hydrogens is 375 g/mol. The van der Waals surface area contributed by atoms with Gasteiger partial charge in [-0.3, -0.25) is 5.32 Å². The average molecular weight is 395 g/mol. The molecule has 2 heterocycles. The van der Waals surface area contributed by atoms with Crippen molar-refractivity contribution in [2.24, 2.45) is 0 Å². The number of nitrogens with zero attached hydrogens (tertiary/aromatic N) is 2. The van der Waals surface area contributed by atoms with Crippen LogP contribution in [0, 0.1) is 6.92 Å². The topological polar surface area (TPSA) is 74.7 Å². The highest BCUT2D eigenvalue weighted by Crippen LogP contribution is 2.35. The van der Waals surface area contributed by atoms with E-state index in [1.54, 1.807) is 18.3 Å². The van der Waals surface area contributed by atoms with Gasteiger partial charge in [0, 0.05) is 19.3 Å². The molecule has 2 N–H and O–H groups in total. The van der Waals surface area contributed by atoms with Crippen molar-refractivity contribution in [1.29, 1.82) is 0 Å². The number of piperidine rings is 1. The minimum Gasteiger partial charge on any atom is -0.406 e. The van der Waals surface area contributed by atoms with E-state index >= 15 is 0 Å². The number of amides is 2. The van der Waals surface area contributed by atoms with Gasteiger partial charge in [0.15, 0.2) is 0 Å². The van der Waals surface area contributed by atoms with Crippen molar-refractivity contribution >= 4 is 11.8 Å². The number of anilines is 1. The SMILES string of the molecule is Cc1ccc(NC(=O)N2CCC(O)(c3cccc(OC(F)(F)F)c3)CC2)nc1. The fourth-order valence-corrected chi connectivity index (χ4v) is 3.08. The lowest BCUT2D eigenvalue weighted by molar-refractivity contribution is -0.274. The lowest BCUT2D eigenvalue weighted by atomic mass is 9.84. The van der Waals surface area contributed by atoms with Crippen LogP contribution in [0.25, 0.3) is 0 Å². The monoisotopic (exact) mass is 395 g/mol. The second kappa shape index (κ2) is 7.67. The third-order valence-corrected chi connectivity index (χ3v) is 4.63. The molecule has 0 saturated carbocycles. The molecule has 1 fully saturated rings. The van der Waals surface area contributed by atoms with E-state index in [0.717, 1.165) is 5.56 Å². The first-order chi connectivity index (χ1) is 13.1. The largest absolute Gasteiger partial charge is 0.573 e. The number of aromatic nitrogens is 1. The van der Waals surface area contributed by atoms with Gasteiger partial charge in [-0.05, 0) is 49.1 Å². The number of carbonyl (C=O) groups is 1. The summed E-state index contributed by atoms with van der Waals surface area (Å²) in [5.41, 5.74) is -0.0311. The Bertz CT molecular complexity index is 832.